The van der Waals surface area contributed by atoms with Gasteiger partial charge in [0.05, 0.1) is 0 Å². The molecule has 14 heavy (non-hydrogen) atoms. The lowest BCUT2D eigenvalue weighted by Gasteiger charge is -2.50. The maximum Gasteiger partial charge on any atom is -0.0292 e. The van der Waals surface area contributed by atoms with E-state index in [1.54, 1.807) is 25.7 Å². The summed E-state index contributed by atoms with van der Waals surface area (Å²) in [4.78, 5) is 0. The monoisotopic (exact) mass is 196 g/mol. The van der Waals surface area contributed by atoms with E-state index in [1.807, 2.05) is 13.8 Å². The molecule has 0 saturated heterocycles. The minimum Gasteiger partial charge on any atom is -0.0683 e. The maximum atomic E-state index is 2.33. The fraction of sp³-hybridized carbons (Fsp3) is 1.00. The third-order valence-corrected chi connectivity index (χ3v) is 4.05. The van der Waals surface area contributed by atoms with E-state index in [0.29, 0.717) is 0 Å². The lowest BCUT2D eigenvalue weighted by molar-refractivity contribution is 0.0106. The molecule has 0 radical (unpaired) electrons. The van der Waals surface area contributed by atoms with Crippen molar-refractivity contribution in [1.82, 2.24) is 0 Å². The summed E-state index contributed by atoms with van der Waals surface area (Å²) in [5, 5.41) is 0. The molecule has 2 fully saturated rings. The van der Waals surface area contributed by atoms with Crippen LogP contribution >= 0.6 is 0 Å². The Labute approximate surface area is 90.5 Å². The Morgan fingerprint density at radius 3 is 2.07 bits per heavy atom. The van der Waals surface area contributed by atoms with E-state index in [9.17, 15) is 0 Å². The van der Waals surface area contributed by atoms with Gasteiger partial charge in [-0.15, -0.1) is 0 Å². The number of rotatable bonds is 2. The highest BCUT2D eigenvalue weighted by molar-refractivity contribution is 4.94. The van der Waals surface area contributed by atoms with Gasteiger partial charge in [-0.1, -0.05) is 52.9 Å². The van der Waals surface area contributed by atoms with Crippen LogP contribution in [0.4, 0.5) is 0 Å². The minimum absolute atomic E-state index is 0.873. The van der Waals surface area contributed by atoms with Crippen molar-refractivity contribution in [3.63, 3.8) is 0 Å². The Morgan fingerprint density at radius 2 is 1.57 bits per heavy atom. The maximum absolute atomic E-state index is 2.33. The van der Waals surface area contributed by atoms with Gasteiger partial charge in [0.1, 0.15) is 0 Å². The molecule has 84 valence electrons. The third-order valence-electron chi connectivity index (χ3n) is 4.05. The molecule has 2 rings (SSSR count). The average molecular weight is 196 g/mol. The first-order chi connectivity index (χ1) is 6.85. The van der Waals surface area contributed by atoms with Crippen LogP contribution in [0.3, 0.4) is 0 Å². The van der Waals surface area contributed by atoms with E-state index in [-0.39, 0.29) is 0 Å². The van der Waals surface area contributed by atoms with Gasteiger partial charge in [0, 0.05) is 0 Å². The summed E-state index contributed by atoms with van der Waals surface area (Å²) in [5.74, 6) is 1.12. The molecule has 2 aliphatic carbocycles. The number of hydrogen-bond acceptors (Lipinski definition) is 0. The first-order valence-corrected chi connectivity index (χ1v) is 6.85. The molecular weight excluding hydrogens is 168 g/mol. The molecule has 0 aromatic carbocycles. The molecule has 2 aliphatic rings. The van der Waals surface area contributed by atoms with E-state index in [1.165, 1.54) is 32.1 Å². The number of hydrogen-bond donors (Lipinski definition) is 0. The van der Waals surface area contributed by atoms with Gasteiger partial charge >= 0.3 is 0 Å². The minimum atomic E-state index is 0.873. The van der Waals surface area contributed by atoms with Crippen LogP contribution in [0, 0.1) is 11.3 Å². The fourth-order valence-corrected chi connectivity index (χ4v) is 3.49. The van der Waals surface area contributed by atoms with Gasteiger partial charge < -0.3 is 0 Å². The highest BCUT2D eigenvalue weighted by Crippen LogP contribution is 2.55. The summed E-state index contributed by atoms with van der Waals surface area (Å²) in [7, 11) is 0. The van der Waals surface area contributed by atoms with Crippen molar-refractivity contribution >= 4 is 0 Å². The SMILES string of the molecule is CC.CCCC1CC2(CCCCC2)C1. The molecule has 0 nitrogen and oxygen atoms in total. The Morgan fingerprint density at radius 1 is 1.00 bits per heavy atom. The van der Waals surface area contributed by atoms with Crippen LogP contribution < -0.4 is 0 Å². The molecule has 0 atom stereocenters. The molecule has 0 heterocycles. The molecule has 0 aliphatic heterocycles. The van der Waals surface area contributed by atoms with Crippen molar-refractivity contribution < 1.29 is 0 Å². The molecule has 0 N–H and O–H groups in total. The van der Waals surface area contributed by atoms with Gasteiger partial charge in [-0.2, -0.15) is 0 Å². The standard InChI is InChI=1S/C12H22.C2H6/c1-2-6-11-9-12(10-11)7-4-3-5-8-12;1-2/h11H,2-10H2,1H3;1-2H3. The van der Waals surface area contributed by atoms with E-state index < -0.39 is 0 Å². The first-order valence-electron chi connectivity index (χ1n) is 6.85. The second-order valence-corrected chi connectivity index (χ2v) is 5.12. The van der Waals surface area contributed by atoms with Gasteiger partial charge in [0.25, 0.3) is 0 Å². The van der Waals surface area contributed by atoms with Crippen molar-refractivity contribution in [1.29, 1.82) is 0 Å². The van der Waals surface area contributed by atoms with Crippen LogP contribution in [0.5, 0.6) is 0 Å². The van der Waals surface area contributed by atoms with Gasteiger partial charge in [0.15, 0.2) is 0 Å². The van der Waals surface area contributed by atoms with Crippen LogP contribution in [0.2, 0.25) is 0 Å². The molecule has 1 spiro atoms. The molecular formula is C14H28. The van der Waals surface area contributed by atoms with Crippen molar-refractivity contribution in [2.45, 2.75) is 78.6 Å². The van der Waals surface area contributed by atoms with Crippen molar-refractivity contribution in [3.8, 4) is 0 Å². The molecule has 0 unspecified atom stereocenters. The van der Waals surface area contributed by atoms with E-state index in [0.717, 1.165) is 11.3 Å². The Balaban J connectivity index is 0.000000461. The summed E-state index contributed by atoms with van der Waals surface area (Å²) in [6.07, 6.45) is 13.8. The second-order valence-electron chi connectivity index (χ2n) is 5.12. The molecule has 0 aromatic heterocycles. The third kappa shape index (κ3) is 2.74. The van der Waals surface area contributed by atoms with Crippen LogP contribution in [0.1, 0.15) is 78.6 Å². The molecule has 0 aromatic rings. The highest BCUT2D eigenvalue weighted by atomic mass is 14.5. The van der Waals surface area contributed by atoms with Crippen molar-refractivity contribution in [3.05, 3.63) is 0 Å². The quantitative estimate of drug-likeness (QED) is 0.571. The fourth-order valence-electron chi connectivity index (χ4n) is 3.49. The normalized spacial score (nSPS) is 25.1. The van der Waals surface area contributed by atoms with Gasteiger partial charge in [-0.25, -0.2) is 0 Å². The lowest BCUT2D eigenvalue weighted by atomic mass is 9.55. The van der Waals surface area contributed by atoms with Gasteiger partial charge in [-0.3, -0.25) is 0 Å². The van der Waals surface area contributed by atoms with Crippen LogP contribution in [-0.4, -0.2) is 0 Å². The highest BCUT2D eigenvalue weighted by Gasteiger charge is 2.43. The second kappa shape index (κ2) is 5.78. The smallest absolute Gasteiger partial charge is 0.0292 e. The van der Waals surface area contributed by atoms with Crippen molar-refractivity contribution in [2.75, 3.05) is 0 Å². The van der Waals surface area contributed by atoms with Crippen molar-refractivity contribution in [2.24, 2.45) is 11.3 Å². The van der Waals surface area contributed by atoms with Crippen LogP contribution in [-0.2, 0) is 0 Å². The van der Waals surface area contributed by atoms with Gasteiger partial charge in [0.2, 0.25) is 0 Å². The molecule has 0 heteroatoms. The summed E-state index contributed by atoms with van der Waals surface area (Å²) < 4.78 is 0. The molecule has 0 bridgehead atoms. The largest absolute Gasteiger partial charge is 0.0683 e. The first kappa shape index (κ1) is 12.1. The van der Waals surface area contributed by atoms with E-state index in [2.05, 4.69) is 6.92 Å². The summed E-state index contributed by atoms with van der Waals surface area (Å²) >= 11 is 0. The summed E-state index contributed by atoms with van der Waals surface area (Å²) in [6.45, 7) is 6.33. The zero-order valence-electron chi connectivity index (χ0n) is 10.4. The summed E-state index contributed by atoms with van der Waals surface area (Å²) in [5.41, 5.74) is 0.873. The van der Waals surface area contributed by atoms with Gasteiger partial charge in [-0.05, 0) is 37.0 Å². The van der Waals surface area contributed by atoms with E-state index >= 15 is 0 Å². The zero-order chi connectivity index (χ0) is 10.4. The van der Waals surface area contributed by atoms with Crippen LogP contribution in [0.15, 0.2) is 0 Å². The Bertz CT molecular complexity index is 134. The topological polar surface area (TPSA) is 0 Å². The Hall–Kier alpha value is 0. The Kier molecular flexibility index (Phi) is 4.98. The summed E-state index contributed by atoms with van der Waals surface area (Å²) in [6, 6.07) is 0. The molecule has 2 saturated carbocycles. The zero-order valence-corrected chi connectivity index (χ0v) is 10.4. The average Bonchev–Trinajstić information content (AvgIpc) is 2.21. The van der Waals surface area contributed by atoms with E-state index in [4.69, 9.17) is 0 Å². The van der Waals surface area contributed by atoms with Crippen LogP contribution in [0.25, 0.3) is 0 Å². The molecule has 0 amide bonds. The lowest BCUT2D eigenvalue weighted by Crippen LogP contribution is -2.38. The predicted octanol–water partition coefficient (Wildman–Crippen LogP) is 5.17. The predicted molar refractivity (Wildman–Crippen MR) is 64.5 cm³/mol.